The minimum absolute atomic E-state index is 0.0135. The van der Waals surface area contributed by atoms with E-state index in [0.717, 1.165) is 5.56 Å². The van der Waals surface area contributed by atoms with Crippen molar-refractivity contribution in [3.63, 3.8) is 0 Å². The quantitative estimate of drug-likeness (QED) is 0.840. The molecule has 0 aliphatic carbocycles. The van der Waals surface area contributed by atoms with Gasteiger partial charge in [0.25, 0.3) is 0 Å². The van der Waals surface area contributed by atoms with E-state index in [-0.39, 0.29) is 18.4 Å². The van der Waals surface area contributed by atoms with E-state index >= 15 is 0 Å². The fourth-order valence-corrected chi connectivity index (χ4v) is 1.36. The van der Waals surface area contributed by atoms with Crippen LogP contribution >= 0.6 is 0 Å². The van der Waals surface area contributed by atoms with Gasteiger partial charge in [-0.2, -0.15) is 0 Å². The summed E-state index contributed by atoms with van der Waals surface area (Å²) in [5, 5.41) is 11.6. The maximum absolute atomic E-state index is 11.9. The first kappa shape index (κ1) is 13.8. The normalized spacial score (nSPS) is 13.5. The van der Waals surface area contributed by atoms with Gasteiger partial charge in [0.05, 0.1) is 6.61 Å². The predicted octanol–water partition coefficient (Wildman–Crippen LogP) is 2.23. The van der Waals surface area contributed by atoms with Gasteiger partial charge in [0, 0.05) is 12.6 Å². The third-order valence-corrected chi connectivity index (χ3v) is 2.18. The summed E-state index contributed by atoms with van der Waals surface area (Å²) in [7, 11) is 0. The zero-order chi connectivity index (χ0) is 12.9. The number of hydrogen-bond donors (Lipinski definition) is 2. The smallest absolute Gasteiger partial charge is 0.406 e. The molecule has 0 radical (unpaired) electrons. The molecule has 0 aromatic heterocycles. The van der Waals surface area contributed by atoms with Crippen molar-refractivity contribution >= 4 is 0 Å². The lowest BCUT2D eigenvalue weighted by Gasteiger charge is -2.14. The summed E-state index contributed by atoms with van der Waals surface area (Å²) in [6.45, 7) is 2.30. The van der Waals surface area contributed by atoms with Crippen LogP contribution in [0.5, 0.6) is 5.75 Å². The Labute approximate surface area is 97.2 Å². The number of rotatable bonds is 5. The van der Waals surface area contributed by atoms with Crippen molar-refractivity contribution in [2.45, 2.75) is 19.3 Å². The lowest BCUT2D eigenvalue weighted by molar-refractivity contribution is -0.274. The SMILES string of the molecule is CC(NCCO)c1ccc(OC(F)(F)F)cc1. The Hall–Kier alpha value is -1.27. The second-order valence-electron chi connectivity index (χ2n) is 3.52. The molecule has 1 atom stereocenters. The Kier molecular flexibility index (Phi) is 4.77. The topological polar surface area (TPSA) is 41.5 Å². The van der Waals surface area contributed by atoms with Crippen LogP contribution in [0.4, 0.5) is 13.2 Å². The van der Waals surface area contributed by atoms with E-state index in [9.17, 15) is 13.2 Å². The fourth-order valence-electron chi connectivity index (χ4n) is 1.36. The van der Waals surface area contributed by atoms with E-state index in [4.69, 9.17) is 5.11 Å². The second kappa shape index (κ2) is 5.88. The van der Waals surface area contributed by atoms with Crippen LogP contribution in [0.3, 0.4) is 0 Å². The first-order chi connectivity index (χ1) is 7.92. The Morgan fingerprint density at radius 3 is 2.35 bits per heavy atom. The molecular weight excluding hydrogens is 235 g/mol. The summed E-state index contributed by atoms with van der Waals surface area (Å²) in [5.41, 5.74) is 0.827. The lowest BCUT2D eigenvalue weighted by Crippen LogP contribution is -2.22. The molecule has 0 aliphatic heterocycles. The molecule has 1 aromatic rings. The number of benzene rings is 1. The fraction of sp³-hybridized carbons (Fsp3) is 0.455. The van der Waals surface area contributed by atoms with Crippen LogP contribution in [-0.2, 0) is 0 Å². The van der Waals surface area contributed by atoms with Crippen LogP contribution < -0.4 is 10.1 Å². The van der Waals surface area contributed by atoms with Gasteiger partial charge in [0.2, 0.25) is 0 Å². The zero-order valence-corrected chi connectivity index (χ0v) is 9.29. The lowest BCUT2D eigenvalue weighted by atomic mass is 10.1. The molecule has 0 heterocycles. The molecule has 6 heteroatoms. The summed E-state index contributed by atoms with van der Waals surface area (Å²) in [5.74, 6) is -0.240. The Morgan fingerprint density at radius 2 is 1.88 bits per heavy atom. The van der Waals surface area contributed by atoms with Crippen LogP contribution in [0.25, 0.3) is 0 Å². The monoisotopic (exact) mass is 249 g/mol. The Balaban J connectivity index is 2.61. The number of aliphatic hydroxyl groups is 1. The molecule has 0 bridgehead atoms. The molecule has 0 saturated carbocycles. The second-order valence-corrected chi connectivity index (χ2v) is 3.52. The standard InChI is InChI=1S/C11H14F3NO2/c1-8(15-6-7-16)9-2-4-10(5-3-9)17-11(12,13)14/h2-5,8,15-16H,6-7H2,1H3. The highest BCUT2D eigenvalue weighted by Crippen LogP contribution is 2.24. The van der Waals surface area contributed by atoms with E-state index in [1.54, 1.807) is 12.1 Å². The van der Waals surface area contributed by atoms with Crippen molar-refractivity contribution in [3.05, 3.63) is 29.8 Å². The number of aliphatic hydroxyl groups excluding tert-OH is 1. The van der Waals surface area contributed by atoms with Crippen molar-refractivity contribution in [3.8, 4) is 5.75 Å². The molecule has 0 aliphatic rings. The molecule has 1 aromatic carbocycles. The highest BCUT2D eigenvalue weighted by atomic mass is 19.4. The number of hydrogen-bond acceptors (Lipinski definition) is 3. The molecule has 0 saturated heterocycles. The molecule has 1 rings (SSSR count). The first-order valence-electron chi connectivity index (χ1n) is 5.12. The number of ether oxygens (including phenoxy) is 1. The van der Waals surface area contributed by atoms with E-state index in [1.807, 2.05) is 6.92 Å². The summed E-state index contributed by atoms with van der Waals surface area (Å²) < 4.78 is 39.5. The Bertz CT molecular complexity index is 338. The van der Waals surface area contributed by atoms with Crippen LogP contribution in [0.15, 0.2) is 24.3 Å². The predicted molar refractivity (Wildman–Crippen MR) is 56.6 cm³/mol. The van der Waals surface area contributed by atoms with Crippen molar-refractivity contribution in [1.82, 2.24) is 5.32 Å². The van der Waals surface area contributed by atoms with E-state index in [1.165, 1.54) is 12.1 Å². The van der Waals surface area contributed by atoms with E-state index < -0.39 is 6.36 Å². The third-order valence-electron chi connectivity index (χ3n) is 2.18. The molecule has 17 heavy (non-hydrogen) atoms. The van der Waals surface area contributed by atoms with E-state index in [2.05, 4.69) is 10.1 Å². The number of nitrogens with one attached hydrogen (secondary N) is 1. The van der Waals surface area contributed by atoms with Gasteiger partial charge in [-0.1, -0.05) is 12.1 Å². The van der Waals surface area contributed by atoms with Gasteiger partial charge < -0.3 is 15.2 Å². The largest absolute Gasteiger partial charge is 0.573 e. The van der Waals surface area contributed by atoms with Crippen LogP contribution in [-0.4, -0.2) is 24.6 Å². The average Bonchev–Trinajstić information content (AvgIpc) is 2.24. The number of halogens is 3. The van der Waals surface area contributed by atoms with Gasteiger partial charge in [-0.3, -0.25) is 0 Å². The van der Waals surface area contributed by atoms with Gasteiger partial charge in [0.15, 0.2) is 0 Å². The maximum Gasteiger partial charge on any atom is 0.573 e. The summed E-state index contributed by atoms with van der Waals surface area (Å²) in [4.78, 5) is 0. The van der Waals surface area contributed by atoms with Crippen LogP contribution in [0.1, 0.15) is 18.5 Å². The molecule has 0 spiro atoms. The van der Waals surface area contributed by atoms with Gasteiger partial charge in [-0.05, 0) is 24.6 Å². The molecule has 1 unspecified atom stereocenters. The molecule has 0 amide bonds. The molecule has 3 nitrogen and oxygen atoms in total. The molecule has 96 valence electrons. The highest BCUT2D eigenvalue weighted by molar-refractivity contribution is 5.29. The molecule has 0 fully saturated rings. The number of alkyl halides is 3. The minimum atomic E-state index is -4.66. The average molecular weight is 249 g/mol. The highest BCUT2D eigenvalue weighted by Gasteiger charge is 2.30. The van der Waals surface area contributed by atoms with Crippen molar-refractivity contribution in [2.24, 2.45) is 0 Å². The van der Waals surface area contributed by atoms with Gasteiger partial charge in [-0.25, -0.2) is 0 Å². The summed E-state index contributed by atoms with van der Waals surface area (Å²) in [6.07, 6.45) is -4.66. The minimum Gasteiger partial charge on any atom is -0.406 e. The zero-order valence-electron chi connectivity index (χ0n) is 9.29. The third kappa shape index (κ3) is 5.06. The van der Waals surface area contributed by atoms with Gasteiger partial charge >= 0.3 is 6.36 Å². The Morgan fingerprint density at radius 1 is 1.29 bits per heavy atom. The van der Waals surface area contributed by atoms with Gasteiger partial charge in [-0.15, -0.1) is 13.2 Å². The van der Waals surface area contributed by atoms with Crippen LogP contribution in [0.2, 0.25) is 0 Å². The van der Waals surface area contributed by atoms with Crippen LogP contribution in [0, 0.1) is 0 Å². The molecule has 2 N–H and O–H groups in total. The van der Waals surface area contributed by atoms with Crippen molar-refractivity contribution in [1.29, 1.82) is 0 Å². The van der Waals surface area contributed by atoms with Crippen molar-refractivity contribution in [2.75, 3.05) is 13.2 Å². The van der Waals surface area contributed by atoms with Gasteiger partial charge in [0.1, 0.15) is 5.75 Å². The summed E-state index contributed by atoms with van der Waals surface area (Å²) in [6, 6.07) is 5.59. The van der Waals surface area contributed by atoms with Crippen molar-refractivity contribution < 1.29 is 23.0 Å². The van der Waals surface area contributed by atoms with E-state index in [0.29, 0.717) is 6.54 Å². The first-order valence-corrected chi connectivity index (χ1v) is 5.12. The maximum atomic E-state index is 11.9. The summed E-state index contributed by atoms with van der Waals surface area (Å²) >= 11 is 0. The molecular formula is C11H14F3NO2.